The first-order valence-corrected chi connectivity index (χ1v) is 11.6. The van der Waals surface area contributed by atoms with Gasteiger partial charge in [0.1, 0.15) is 0 Å². The normalized spacial score (nSPS) is 45.2. The molecule has 0 aromatic carbocycles. The number of aliphatic hydroxyl groups is 1. The van der Waals surface area contributed by atoms with Crippen LogP contribution >= 0.6 is 0 Å². The average molecular weight is 451 g/mol. The summed E-state index contributed by atoms with van der Waals surface area (Å²) in [7, 11) is 0. The lowest BCUT2D eigenvalue weighted by Gasteiger charge is -2.59. The summed E-state index contributed by atoms with van der Waals surface area (Å²) >= 11 is 0. The van der Waals surface area contributed by atoms with Crippen LogP contribution in [0.3, 0.4) is 0 Å². The molecule has 3 saturated carbocycles. The predicted molar refractivity (Wildman–Crippen MR) is 113 cm³/mol. The second-order valence-corrected chi connectivity index (χ2v) is 10.6. The molecule has 4 rings (SSSR count). The quantitative estimate of drug-likeness (QED) is 0.654. The topological polar surface area (TPSA) is 80.7 Å². The molecule has 2 unspecified atom stereocenters. The van der Waals surface area contributed by atoms with Crippen LogP contribution in [0.4, 0.5) is 8.78 Å². The van der Waals surface area contributed by atoms with Gasteiger partial charge in [-0.15, -0.1) is 0 Å². The van der Waals surface area contributed by atoms with E-state index in [1.54, 1.807) is 13.0 Å². The van der Waals surface area contributed by atoms with Gasteiger partial charge < -0.3 is 9.84 Å². The van der Waals surface area contributed by atoms with E-state index in [-0.39, 0.29) is 30.6 Å². The summed E-state index contributed by atoms with van der Waals surface area (Å²) < 4.78 is 34.4. The highest BCUT2D eigenvalue weighted by Gasteiger charge is 2.72. The Kier molecular flexibility index (Phi) is 5.51. The van der Waals surface area contributed by atoms with Crippen LogP contribution in [0, 0.1) is 34.5 Å². The van der Waals surface area contributed by atoms with Gasteiger partial charge in [0.2, 0.25) is 11.6 Å². The minimum Gasteiger partial charge on any atom is -0.450 e. The van der Waals surface area contributed by atoms with Crippen molar-refractivity contribution in [2.45, 2.75) is 71.5 Å². The number of rotatable bonds is 4. The van der Waals surface area contributed by atoms with E-state index < -0.39 is 58.5 Å². The molecule has 8 atom stereocenters. The van der Waals surface area contributed by atoms with Gasteiger partial charge in [-0.1, -0.05) is 33.8 Å². The third-order valence-electron chi connectivity index (χ3n) is 9.23. The van der Waals surface area contributed by atoms with Gasteiger partial charge in [0.05, 0.1) is 6.10 Å². The number of ketones is 2. The van der Waals surface area contributed by atoms with Crippen LogP contribution in [0.2, 0.25) is 0 Å². The summed E-state index contributed by atoms with van der Waals surface area (Å²) in [6, 6.07) is 0. The number of hydrogen-bond donors (Lipinski definition) is 1. The van der Waals surface area contributed by atoms with Crippen LogP contribution in [0.5, 0.6) is 0 Å². The fourth-order valence-corrected chi connectivity index (χ4v) is 7.95. The Labute approximate surface area is 187 Å². The Morgan fingerprint density at radius 2 is 2.00 bits per heavy atom. The van der Waals surface area contributed by atoms with Crippen molar-refractivity contribution < 1.29 is 33.0 Å². The number of halogens is 2. The Morgan fingerprint density at radius 3 is 2.62 bits per heavy atom. The molecule has 0 heterocycles. The molecular weight excluding hydrogens is 418 g/mol. The number of fused-ring (bicyclic) bond motifs is 5. The minimum absolute atomic E-state index is 0.0632. The first-order chi connectivity index (χ1) is 15.0. The molecule has 0 radical (unpaired) electrons. The number of carbonyl (C=O) groups is 3. The fourth-order valence-electron chi connectivity index (χ4n) is 7.95. The molecule has 3 fully saturated rings. The molecule has 5 nitrogen and oxygen atoms in total. The third kappa shape index (κ3) is 2.79. The van der Waals surface area contributed by atoms with E-state index in [0.717, 1.165) is 0 Å². The number of allylic oxidation sites excluding steroid dienone is 4. The molecule has 32 heavy (non-hydrogen) atoms. The Morgan fingerprint density at radius 1 is 1.31 bits per heavy atom. The molecule has 1 N–H and O–H groups in total. The summed E-state index contributed by atoms with van der Waals surface area (Å²) in [5.74, 6) is -3.63. The van der Waals surface area contributed by atoms with Crippen molar-refractivity contribution in [2.24, 2.45) is 34.5 Å². The van der Waals surface area contributed by atoms with Crippen molar-refractivity contribution in [1.82, 2.24) is 0 Å². The number of ether oxygens (including phenoxy) is 1. The van der Waals surface area contributed by atoms with Crippen molar-refractivity contribution in [3.8, 4) is 0 Å². The maximum atomic E-state index is 14.8. The molecule has 176 valence electrons. The van der Waals surface area contributed by atoms with E-state index >= 15 is 0 Å². The zero-order valence-electron chi connectivity index (χ0n) is 19.1. The van der Waals surface area contributed by atoms with Crippen LogP contribution in [0.15, 0.2) is 23.6 Å². The maximum Gasteiger partial charge on any atom is 0.306 e. The highest BCUT2D eigenvalue weighted by atomic mass is 19.1. The summed E-state index contributed by atoms with van der Waals surface area (Å²) in [4.78, 5) is 37.4. The lowest BCUT2D eigenvalue weighted by Crippen LogP contribution is -2.64. The van der Waals surface area contributed by atoms with E-state index in [2.05, 4.69) is 0 Å². The molecule has 0 saturated heterocycles. The van der Waals surface area contributed by atoms with Gasteiger partial charge in [-0.3, -0.25) is 14.4 Å². The van der Waals surface area contributed by atoms with Crippen LogP contribution < -0.4 is 0 Å². The van der Waals surface area contributed by atoms with Crippen molar-refractivity contribution in [2.75, 3.05) is 6.67 Å². The van der Waals surface area contributed by atoms with Crippen LogP contribution in [0.1, 0.15) is 59.8 Å². The van der Waals surface area contributed by atoms with Gasteiger partial charge in [0.15, 0.2) is 18.1 Å². The first-order valence-electron chi connectivity index (χ1n) is 11.6. The molecule has 4 aliphatic rings. The van der Waals surface area contributed by atoms with Gasteiger partial charge in [0, 0.05) is 29.1 Å². The van der Waals surface area contributed by atoms with E-state index in [4.69, 9.17) is 4.74 Å². The summed E-state index contributed by atoms with van der Waals surface area (Å²) in [6.45, 7) is 5.90. The van der Waals surface area contributed by atoms with Crippen LogP contribution in [-0.4, -0.2) is 41.0 Å². The van der Waals surface area contributed by atoms with Crippen molar-refractivity contribution in [1.29, 1.82) is 0 Å². The second kappa shape index (κ2) is 7.57. The van der Waals surface area contributed by atoms with Gasteiger partial charge in [-0.2, -0.15) is 0 Å². The predicted octanol–water partition coefficient (Wildman–Crippen LogP) is 4.04. The number of aliphatic hydroxyl groups excluding tert-OH is 1. The Balaban J connectivity index is 1.81. The molecule has 0 aliphatic heterocycles. The van der Waals surface area contributed by atoms with Gasteiger partial charge in [-0.05, 0) is 49.2 Å². The first kappa shape index (κ1) is 23.3. The molecule has 4 aliphatic carbocycles. The van der Waals surface area contributed by atoms with Gasteiger partial charge in [-0.25, -0.2) is 8.78 Å². The number of alkyl halides is 1. The lowest BCUT2D eigenvalue weighted by atomic mass is 9.46. The third-order valence-corrected chi connectivity index (χ3v) is 9.23. The van der Waals surface area contributed by atoms with Gasteiger partial charge in [0.25, 0.3) is 0 Å². The summed E-state index contributed by atoms with van der Waals surface area (Å²) in [6.07, 6.45) is 3.72. The highest BCUT2D eigenvalue weighted by molar-refractivity contribution is 6.04. The SMILES string of the molecule is CCC(=O)O[C@]1(C(=O)CF)C(C)C[C@H]2[C@@H]3CCC4=C(F)C(=O)C=C[C@]4(C)[C@H]3C(O)C[C@@]21C. The summed E-state index contributed by atoms with van der Waals surface area (Å²) in [5.41, 5.74) is -2.94. The summed E-state index contributed by atoms with van der Waals surface area (Å²) in [5, 5.41) is 11.4. The lowest BCUT2D eigenvalue weighted by molar-refractivity contribution is -0.204. The molecule has 7 heteroatoms. The second-order valence-electron chi connectivity index (χ2n) is 10.6. The van der Waals surface area contributed by atoms with Crippen molar-refractivity contribution in [3.63, 3.8) is 0 Å². The number of hydrogen-bond acceptors (Lipinski definition) is 5. The Bertz CT molecular complexity index is 925. The average Bonchev–Trinajstić information content (AvgIpc) is 2.97. The maximum absolute atomic E-state index is 14.8. The molecule has 0 spiro atoms. The van der Waals surface area contributed by atoms with Crippen molar-refractivity contribution >= 4 is 17.5 Å². The number of carbonyl (C=O) groups excluding carboxylic acids is 3. The van der Waals surface area contributed by atoms with E-state index in [9.17, 15) is 28.3 Å². The van der Waals surface area contributed by atoms with E-state index in [1.807, 2.05) is 20.8 Å². The van der Waals surface area contributed by atoms with Crippen molar-refractivity contribution in [3.05, 3.63) is 23.6 Å². The van der Waals surface area contributed by atoms with Gasteiger partial charge >= 0.3 is 5.97 Å². The molecule has 0 amide bonds. The minimum atomic E-state index is -1.63. The zero-order valence-corrected chi connectivity index (χ0v) is 19.1. The smallest absolute Gasteiger partial charge is 0.306 e. The highest BCUT2D eigenvalue weighted by Crippen LogP contribution is 2.69. The standard InChI is InChI=1S/C25H32F2O5/c1-5-20(31)32-25(19(30)12-26)13(2)10-16-14-6-7-15-22(27)17(28)8-9-23(15,3)21(14)18(29)11-24(16,25)4/h8-9,13-14,16,18,21,29H,5-7,10-12H2,1-4H3/t13?,14-,16-,18?,21+,23-,24-,25-/m0/s1. The molecule has 0 bridgehead atoms. The zero-order chi connectivity index (χ0) is 23.6. The molecular formula is C25H32F2O5. The van der Waals surface area contributed by atoms with E-state index in [0.29, 0.717) is 24.8 Å². The monoisotopic (exact) mass is 450 g/mol. The fraction of sp³-hybridized carbons (Fsp3) is 0.720. The van der Waals surface area contributed by atoms with Crippen LogP contribution in [0.25, 0.3) is 0 Å². The molecule has 0 aromatic rings. The van der Waals surface area contributed by atoms with Crippen LogP contribution in [-0.2, 0) is 19.1 Å². The largest absolute Gasteiger partial charge is 0.450 e. The van der Waals surface area contributed by atoms with E-state index in [1.165, 1.54) is 6.08 Å². The molecule has 0 aromatic heterocycles. The number of Topliss-reactive ketones (excluding diaryl/α,β-unsaturated/α-hetero) is 1. The number of esters is 1. The Hall–Kier alpha value is -1.89.